The Morgan fingerprint density at radius 1 is 1.35 bits per heavy atom. The molecule has 1 aliphatic rings. The summed E-state index contributed by atoms with van der Waals surface area (Å²) in [5.74, 6) is 0.478. The van der Waals surface area contributed by atoms with Crippen LogP contribution in [-0.4, -0.2) is 32.3 Å². The van der Waals surface area contributed by atoms with E-state index < -0.39 is 0 Å². The van der Waals surface area contributed by atoms with E-state index in [1.807, 2.05) is 17.9 Å². The van der Waals surface area contributed by atoms with Gasteiger partial charge in [-0.15, -0.1) is 11.3 Å². The molecule has 1 aromatic carbocycles. The van der Waals surface area contributed by atoms with E-state index in [0.29, 0.717) is 11.4 Å². The van der Waals surface area contributed by atoms with Crippen LogP contribution in [0, 0.1) is 12.7 Å². The molecule has 3 aromatic rings. The summed E-state index contributed by atoms with van der Waals surface area (Å²) >= 11 is 1.38. The van der Waals surface area contributed by atoms with Gasteiger partial charge in [-0.1, -0.05) is 12.1 Å². The number of H-pyrrole nitrogens is 1. The van der Waals surface area contributed by atoms with Crippen molar-refractivity contribution >= 4 is 17.2 Å². The van der Waals surface area contributed by atoms with Crippen LogP contribution in [0.2, 0.25) is 0 Å². The average molecular weight is 370 g/mol. The lowest BCUT2D eigenvalue weighted by Crippen LogP contribution is -2.39. The maximum atomic E-state index is 13.5. The highest BCUT2D eigenvalue weighted by molar-refractivity contribution is 7.11. The molecule has 1 N–H and O–H groups in total. The van der Waals surface area contributed by atoms with E-state index in [9.17, 15) is 9.18 Å². The van der Waals surface area contributed by atoms with Gasteiger partial charge in [-0.05, 0) is 38.3 Å². The molecule has 4 rings (SSSR count). The second-order valence-corrected chi connectivity index (χ2v) is 7.32. The summed E-state index contributed by atoms with van der Waals surface area (Å²) in [7, 11) is 0. The number of halogens is 1. The van der Waals surface area contributed by atoms with Crippen molar-refractivity contribution in [2.75, 3.05) is 6.54 Å². The molecule has 1 amide bonds. The number of nitrogens with zero attached hydrogens (tertiary/aromatic N) is 3. The van der Waals surface area contributed by atoms with Crippen LogP contribution < -0.4 is 0 Å². The van der Waals surface area contributed by atoms with Crippen LogP contribution in [0.5, 0.6) is 0 Å². The molecule has 1 unspecified atom stereocenters. The number of aryl methyl sites for hydroxylation is 1. The third-order valence-electron chi connectivity index (χ3n) is 4.75. The molecule has 1 aliphatic heterocycles. The van der Waals surface area contributed by atoms with Crippen LogP contribution in [0.15, 0.2) is 36.0 Å². The zero-order valence-corrected chi connectivity index (χ0v) is 15.2. The number of aromatic amines is 1. The van der Waals surface area contributed by atoms with E-state index in [0.717, 1.165) is 42.0 Å². The molecule has 134 valence electrons. The Balaban J connectivity index is 1.63. The van der Waals surface area contributed by atoms with E-state index in [4.69, 9.17) is 0 Å². The summed E-state index contributed by atoms with van der Waals surface area (Å²) in [6.07, 6.45) is 4.60. The molecule has 7 heteroatoms. The van der Waals surface area contributed by atoms with E-state index in [-0.39, 0.29) is 17.8 Å². The summed E-state index contributed by atoms with van der Waals surface area (Å²) in [6.45, 7) is 2.56. The van der Waals surface area contributed by atoms with Crippen LogP contribution in [0.25, 0.3) is 11.3 Å². The number of piperidine rings is 1. The first-order valence-corrected chi connectivity index (χ1v) is 9.53. The smallest absolute Gasteiger partial charge is 0.266 e. The number of rotatable bonds is 3. The van der Waals surface area contributed by atoms with Gasteiger partial charge in [-0.3, -0.25) is 4.79 Å². The Morgan fingerprint density at radius 3 is 3.00 bits per heavy atom. The van der Waals surface area contributed by atoms with E-state index in [1.54, 1.807) is 17.8 Å². The van der Waals surface area contributed by atoms with Gasteiger partial charge in [-0.2, -0.15) is 0 Å². The molecule has 1 fully saturated rings. The Kier molecular flexibility index (Phi) is 4.55. The number of thiazole rings is 1. The fraction of sp³-hybridized carbons (Fsp3) is 0.316. The third-order valence-corrected chi connectivity index (χ3v) is 5.67. The third kappa shape index (κ3) is 3.14. The lowest BCUT2D eigenvalue weighted by atomic mass is 10.0. The molecule has 0 saturated carbocycles. The number of imidazole rings is 1. The molecule has 2 aromatic heterocycles. The van der Waals surface area contributed by atoms with Gasteiger partial charge in [0.05, 0.1) is 29.1 Å². The first-order chi connectivity index (χ1) is 12.6. The van der Waals surface area contributed by atoms with Gasteiger partial charge in [0.15, 0.2) is 0 Å². The highest BCUT2D eigenvalue weighted by Crippen LogP contribution is 2.32. The topological polar surface area (TPSA) is 61.9 Å². The van der Waals surface area contributed by atoms with E-state index in [2.05, 4.69) is 15.0 Å². The number of nitrogens with one attached hydrogen (secondary N) is 1. The van der Waals surface area contributed by atoms with Gasteiger partial charge in [-0.25, -0.2) is 14.4 Å². The maximum Gasteiger partial charge on any atom is 0.266 e. The van der Waals surface area contributed by atoms with E-state index >= 15 is 0 Å². The largest absolute Gasteiger partial charge is 0.340 e. The first-order valence-electron chi connectivity index (χ1n) is 8.65. The minimum atomic E-state index is -0.284. The van der Waals surface area contributed by atoms with Crippen molar-refractivity contribution in [3.63, 3.8) is 0 Å². The van der Waals surface area contributed by atoms with Gasteiger partial charge >= 0.3 is 0 Å². The summed E-state index contributed by atoms with van der Waals surface area (Å²) in [5.41, 5.74) is 3.97. The van der Waals surface area contributed by atoms with Crippen LogP contribution in [0.1, 0.15) is 46.5 Å². The highest BCUT2D eigenvalue weighted by atomic mass is 32.1. The van der Waals surface area contributed by atoms with Crippen molar-refractivity contribution in [1.82, 2.24) is 19.9 Å². The monoisotopic (exact) mass is 370 g/mol. The molecule has 0 aliphatic carbocycles. The number of carbonyl (C=O) groups excluding carboxylic acids is 1. The van der Waals surface area contributed by atoms with Gasteiger partial charge < -0.3 is 9.88 Å². The Labute approximate surface area is 154 Å². The van der Waals surface area contributed by atoms with Crippen molar-refractivity contribution in [3.8, 4) is 11.3 Å². The number of benzene rings is 1. The standard InChI is InChI=1S/C19H19FN4OS/c1-12-17(26-11-22-12)19(25)24-8-3-2-7-16(24)18-21-10-15(23-18)13-5-4-6-14(20)9-13/h4-6,9-11,16H,2-3,7-8H2,1H3,(H,21,23). The van der Waals surface area contributed by atoms with Gasteiger partial charge in [0.25, 0.3) is 5.91 Å². The molecule has 1 saturated heterocycles. The van der Waals surface area contributed by atoms with Crippen LogP contribution in [0.4, 0.5) is 4.39 Å². The predicted octanol–water partition coefficient (Wildman–Crippen LogP) is 4.35. The molecule has 0 radical (unpaired) electrons. The summed E-state index contributed by atoms with van der Waals surface area (Å²) in [6, 6.07) is 6.31. The Bertz CT molecular complexity index is 935. The number of amides is 1. The second-order valence-electron chi connectivity index (χ2n) is 6.47. The van der Waals surface area contributed by atoms with Crippen molar-refractivity contribution < 1.29 is 9.18 Å². The molecule has 0 spiro atoms. The lowest BCUT2D eigenvalue weighted by Gasteiger charge is -2.34. The van der Waals surface area contributed by atoms with Crippen molar-refractivity contribution in [1.29, 1.82) is 0 Å². The summed E-state index contributed by atoms with van der Waals surface area (Å²) in [4.78, 5) is 27.5. The molecule has 26 heavy (non-hydrogen) atoms. The molecular weight excluding hydrogens is 351 g/mol. The summed E-state index contributed by atoms with van der Waals surface area (Å²) < 4.78 is 13.5. The SMILES string of the molecule is Cc1ncsc1C(=O)N1CCCCC1c1ncc(-c2cccc(F)c2)[nH]1. The zero-order valence-electron chi connectivity index (χ0n) is 14.4. The molecule has 1 atom stereocenters. The van der Waals surface area contributed by atoms with Crippen LogP contribution in [-0.2, 0) is 0 Å². The van der Waals surface area contributed by atoms with Crippen molar-refractivity contribution in [2.24, 2.45) is 0 Å². The quantitative estimate of drug-likeness (QED) is 0.746. The second kappa shape index (κ2) is 6.99. The lowest BCUT2D eigenvalue weighted by molar-refractivity contribution is 0.0605. The first kappa shape index (κ1) is 16.9. The van der Waals surface area contributed by atoms with Gasteiger partial charge in [0, 0.05) is 12.1 Å². The van der Waals surface area contributed by atoms with E-state index in [1.165, 1.54) is 23.5 Å². The zero-order chi connectivity index (χ0) is 18.1. The normalized spacial score (nSPS) is 17.5. The predicted molar refractivity (Wildman–Crippen MR) is 98.5 cm³/mol. The fourth-order valence-corrected chi connectivity index (χ4v) is 4.16. The molecule has 5 nitrogen and oxygen atoms in total. The Hall–Kier alpha value is -2.54. The molecule has 0 bridgehead atoms. The van der Waals surface area contributed by atoms with Crippen LogP contribution in [0.3, 0.4) is 0 Å². The number of carbonyl (C=O) groups is 1. The highest BCUT2D eigenvalue weighted by Gasteiger charge is 2.32. The molecular formula is C19H19FN4OS. The Morgan fingerprint density at radius 2 is 2.23 bits per heavy atom. The number of hydrogen-bond donors (Lipinski definition) is 1. The molecule has 3 heterocycles. The average Bonchev–Trinajstić information content (AvgIpc) is 3.30. The fourth-order valence-electron chi connectivity index (χ4n) is 3.41. The minimum absolute atomic E-state index is 0.0124. The maximum absolute atomic E-state index is 13.5. The number of likely N-dealkylation sites (tertiary alicyclic amines) is 1. The number of aromatic nitrogens is 3. The van der Waals surface area contributed by atoms with Crippen molar-refractivity contribution in [2.45, 2.75) is 32.2 Å². The van der Waals surface area contributed by atoms with Gasteiger partial charge in [0.1, 0.15) is 16.5 Å². The van der Waals surface area contributed by atoms with Gasteiger partial charge in [0.2, 0.25) is 0 Å². The number of hydrogen-bond acceptors (Lipinski definition) is 4. The van der Waals surface area contributed by atoms with Crippen molar-refractivity contribution in [3.05, 3.63) is 58.2 Å². The van der Waals surface area contributed by atoms with Crippen LogP contribution >= 0.6 is 11.3 Å². The summed E-state index contributed by atoms with van der Waals surface area (Å²) in [5, 5.41) is 0. The minimum Gasteiger partial charge on any atom is -0.340 e.